The third-order valence-electron chi connectivity index (χ3n) is 6.78. The van der Waals surface area contributed by atoms with Crippen molar-refractivity contribution in [3.8, 4) is 11.6 Å². The number of benzene rings is 2. The van der Waals surface area contributed by atoms with Crippen LogP contribution in [0.5, 0.6) is 11.6 Å². The Bertz CT molecular complexity index is 1220. The number of likely N-dealkylation sites (tertiary alicyclic amines) is 1. The summed E-state index contributed by atoms with van der Waals surface area (Å²) >= 11 is 0. The van der Waals surface area contributed by atoms with Crippen molar-refractivity contribution in [1.82, 2.24) is 20.2 Å². The van der Waals surface area contributed by atoms with Crippen LogP contribution < -0.4 is 15.4 Å². The minimum Gasteiger partial charge on any atom is -0.493 e. The Morgan fingerprint density at radius 3 is 2.77 bits per heavy atom. The fourth-order valence-electron chi connectivity index (χ4n) is 5.00. The second kappa shape index (κ2) is 9.70. The van der Waals surface area contributed by atoms with Gasteiger partial charge in [0.25, 0.3) is 5.91 Å². The van der Waals surface area contributed by atoms with Crippen molar-refractivity contribution in [1.29, 1.82) is 0 Å². The van der Waals surface area contributed by atoms with Gasteiger partial charge in [-0.1, -0.05) is 24.3 Å². The molecular formula is C27H33N5O3. The number of carbonyl (C=O) groups is 1. The van der Waals surface area contributed by atoms with E-state index in [1.165, 1.54) is 0 Å². The van der Waals surface area contributed by atoms with Crippen LogP contribution in [0.4, 0.5) is 5.95 Å². The number of fused-ring (bicyclic) bond motifs is 2. The first-order valence-corrected chi connectivity index (χ1v) is 12.4. The molecule has 1 amide bonds. The number of hydrogen-bond acceptors (Lipinski definition) is 7. The molecule has 0 unspecified atom stereocenters. The molecule has 8 heteroatoms. The van der Waals surface area contributed by atoms with Crippen molar-refractivity contribution in [2.24, 2.45) is 0 Å². The van der Waals surface area contributed by atoms with E-state index >= 15 is 0 Å². The van der Waals surface area contributed by atoms with Gasteiger partial charge in [0, 0.05) is 32.1 Å². The molecule has 5 rings (SSSR count). The maximum atomic E-state index is 13.0. The number of nitrogens with one attached hydrogen (secondary N) is 2. The molecule has 2 aromatic carbocycles. The molecule has 35 heavy (non-hydrogen) atoms. The summed E-state index contributed by atoms with van der Waals surface area (Å²) in [5.74, 6) is 1.14. The highest BCUT2D eigenvalue weighted by Gasteiger charge is 2.33. The van der Waals surface area contributed by atoms with Crippen LogP contribution in [0.15, 0.2) is 42.5 Å². The Morgan fingerprint density at radius 1 is 1.14 bits per heavy atom. The molecule has 0 aliphatic carbocycles. The van der Waals surface area contributed by atoms with E-state index < -0.39 is 0 Å². The Morgan fingerprint density at radius 2 is 1.94 bits per heavy atom. The molecular weight excluding hydrogens is 442 g/mol. The van der Waals surface area contributed by atoms with Gasteiger partial charge in [-0.15, -0.1) is 0 Å². The largest absolute Gasteiger partial charge is 0.493 e. The van der Waals surface area contributed by atoms with Gasteiger partial charge in [0.15, 0.2) is 0 Å². The topological polar surface area (TPSA) is 99.6 Å². The van der Waals surface area contributed by atoms with E-state index in [0.717, 1.165) is 68.7 Å². The van der Waals surface area contributed by atoms with Crippen molar-refractivity contribution in [3.05, 3.63) is 53.6 Å². The lowest BCUT2D eigenvalue weighted by molar-refractivity contribution is 0.0898. The zero-order valence-corrected chi connectivity index (χ0v) is 20.4. The number of ether oxygens (including phenoxy) is 1. The number of carbonyl (C=O) groups excluding carboxylic acids is 1. The smallest absolute Gasteiger partial charge is 0.255 e. The van der Waals surface area contributed by atoms with Crippen molar-refractivity contribution in [2.45, 2.75) is 51.2 Å². The first kappa shape index (κ1) is 23.4. The minimum atomic E-state index is -0.264. The summed E-state index contributed by atoms with van der Waals surface area (Å²) in [7, 11) is 0. The molecule has 0 saturated carbocycles. The Labute approximate surface area is 205 Å². The van der Waals surface area contributed by atoms with E-state index in [2.05, 4.69) is 39.3 Å². The second-order valence-corrected chi connectivity index (χ2v) is 10.1. The number of hydrogen-bond donors (Lipinski definition) is 3. The number of nitrogens with zero attached hydrogens (tertiary/aromatic N) is 3. The number of rotatable bonds is 7. The number of aromatic nitrogens is 2. The molecule has 3 heterocycles. The van der Waals surface area contributed by atoms with E-state index in [9.17, 15) is 9.90 Å². The van der Waals surface area contributed by atoms with Crippen LogP contribution in [0, 0.1) is 0 Å². The molecule has 3 aromatic rings. The molecule has 1 fully saturated rings. The highest BCUT2D eigenvalue weighted by atomic mass is 16.5. The van der Waals surface area contributed by atoms with Gasteiger partial charge in [0.05, 0.1) is 16.5 Å². The highest BCUT2D eigenvalue weighted by Crippen LogP contribution is 2.37. The van der Waals surface area contributed by atoms with E-state index in [-0.39, 0.29) is 23.4 Å². The molecule has 2 aliphatic heterocycles. The summed E-state index contributed by atoms with van der Waals surface area (Å²) in [5, 5.41) is 17.2. The van der Waals surface area contributed by atoms with E-state index in [4.69, 9.17) is 4.74 Å². The molecule has 0 spiro atoms. The van der Waals surface area contributed by atoms with Gasteiger partial charge < -0.3 is 25.4 Å². The van der Waals surface area contributed by atoms with Gasteiger partial charge in [0.1, 0.15) is 11.4 Å². The van der Waals surface area contributed by atoms with E-state index in [0.29, 0.717) is 16.9 Å². The molecule has 0 bridgehead atoms. The van der Waals surface area contributed by atoms with Gasteiger partial charge in [-0.3, -0.25) is 4.79 Å². The summed E-state index contributed by atoms with van der Waals surface area (Å²) in [6.07, 6.45) is 3.63. The average Bonchev–Trinajstić information content (AvgIpc) is 3.16. The molecule has 184 valence electrons. The SMILES string of the molecule is CC1(C)Cc2cccc(C(=O)NC3CCN(CCCNc4nc(O)c5ccccc5n4)CC3)c2O1. The monoisotopic (exact) mass is 475 g/mol. The molecule has 8 nitrogen and oxygen atoms in total. The molecule has 3 N–H and O–H groups in total. The van der Waals surface area contributed by atoms with E-state index in [1.807, 2.05) is 36.4 Å². The fourth-order valence-corrected chi connectivity index (χ4v) is 5.00. The normalized spacial score (nSPS) is 17.7. The number of aromatic hydroxyl groups is 1. The predicted molar refractivity (Wildman–Crippen MR) is 136 cm³/mol. The standard InChI is InChI=1S/C27H33N5O3/c1-27(2)17-18-7-5-9-21(23(18)35-27)25(34)29-19-11-15-32(16-12-19)14-6-13-28-26-30-22-10-4-3-8-20(22)24(33)31-26/h3-5,7-10,19H,6,11-17H2,1-2H3,(H,29,34)(H2,28,30,31,33). The van der Waals surface area contributed by atoms with Crippen LogP contribution in [0.3, 0.4) is 0 Å². The minimum absolute atomic E-state index is 0.00190. The average molecular weight is 476 g/mol. The lowest BCUT2D eigenvalue weighted by Crippen LogP contribution is -2.45. The summed E-state index contributed by atoms with van der Waals surface area (Å²) in [4.78, 5) is 24.0. The zero-order chi connectivity index (χ0) is 24.4. The van der Waals surface area contributed by atoms with Crippen molar-refractivity contribution in [2.75, 3.05) is 31.5 Å². The quantitative estimate of drug-likeness (QED) is 0.448. The van der Waals surface area contributed by atoms with Crippen LogP contribution in [-0.2, 0) is 6.42 Å². The zero-order valence-electron chi connectivity index (χ0n) is 20.4. The number of amides is 1. The van der Waals surface area contributed by atoms with Crippen LogP contribution in [0.25, 0.3) is 10.9 Å². The Kier molecular flexibility index (Phi) is 6.47. The number of para-hydroxylation sites is 2. The number of anilines is 1. The Hall–Kier alpha value is -3.39. The molecule has 1 saturated heterocycles. The maximum absolute atomic E-state index is 13.0. The van der Waals surface area contributed by atoms with Crippen LogP contribution >= 0.6 is 0 Å². The van der Waals surface area contributed by atoms with Gasteiger partial charge in [-0.25, -0.2) is 4.98 Å². The molecule has 2 aliphatic rings. The van der Waals surface area contributed by atoms with Crippen molar-refractivity contribution in [3.63, 3.8) is 0 Å². The lowest BCUT2D eigenvalue weighted by Gasteiger charge is -2.32. The highest BCUT2D eigenvalue weighted by molar-refractivity contribution is 5.97. The molecule has 1 aromatic heterocycles. The van der Waals surface area contributed by atoms with Gasteiger partial charge in [0.2, 0.25) is 11.8 Å². The second-order valence-electron chi connectivity index (χ2n) is 10.1. The summed E-state index contributed by atoms with van der Waals surface area (Å²) < 4.78 is 6.07. The van der Waals surface area contributed by atoms with Crippen LogP contribution in [-0.4, -0.2) is 63.7 Å². The first-order chi connectivity index (χ1) is 16.9. The fraction of sp³-hybridized carbons (Fsp3) is 0.444. The summed E-state index contributed by atoms with van der Waals surface area (Å²) in [5.41, 5.74) is 2.21. The lowest BCUT2D eigenvalue weighted by atomic mass is 10.00. The van der Waals surface area contributed by atoms with Crippen LogP contribution in [0.2, 0.25) is 0 Å². The first-order valence-electron chi connectivity index (χ1n) is 12.4. The van der Waals surface area contributed by atoms with E-state index in [1.54, 1.807) is 6.07 Å². The maximum Gasteiger partial charge on any atom is 0.255 e. The summed E-state index contributed by atoms with van der Waals surface area (Å²) in [6.45, 7) is 7.70. The molecule has 0 radical (unpaired) electrons. The predicted octanol–water partition coefficient (Wildman–Crippen LogP) is 3.75. The molecule has 0 atom stereocenters. The van der Waals surface area contributed by atoms with Gasteiger partial charge in [-0.2, -0.15) is 4.98 Å². The number of piperidine rings is 1. The third kappa shape index (κ3) is 5.32. The van der Waals surface area contributed by atoms with Crippen molar-refractivity contribution < 1.29 is 14.6 Å². The summed E-state index contributed by atoms with van der Waals surface area (Å²) in [6, 6.07) is 13.4. The van der Waals surface area contributed by atoms with Crippen molar-refractivity contribution >= 4 is 22.8 Å². The third-order valence-corrected chi connectivity index (χ3v) is 6.78. The van der Waals surface area contributed by atoms with Gasteiger partial charge >= 0.3 is 0 Å². The van der Waals surface area contributed by atoms with Gasteiger partial charge in [-0.05, 0) is 63.4 Å². The van der Waals surface area contributed by atoms with Crippen LogP contribution in [0.1, 0.15) is 49.0 Å². The Balaban J connectivity index is 1.06.